The Hall–Kier alpha value is -1.06. The maximum absolute atomic E-state index is 11.1. The SMILES string of the molecule is CCC1(C)C(C(=O)O)C(=O)N1C. The minimum absolute atomic E-state index is 0.285. The molecule has 1 heterocycles. The van der Waals surface area contributed by atoms with Crippen molar-refractivity contribution in [1.29, 1.82) is 0 Å². The minimum atomic E-state index is -1.01. The van der Waals surface area contributed by atoms with E-state index in [2.05, 4.69) is 0 Å². The van der Waals surface area contributed by atoms with Gasteiger partial charge in [-0.15, -0.1) is 0 Å². The Bertz CT molecular complexity index is 238. The maximum Gasteiger partial charge on any atom is 0.318 e. The average Bonchev–Trinajstić information content (AvgIpc) is 2.02. The van der Waals surface area contributed by atoms with Gasteiger partial charge in [-0.05, 0) is 13.3 Å². The molecule has 1 aliphatic rings. The number of carboxylic acid groups (broad SMARTS) is 1. The van der Waals surface area contributed by atoms with Crippen molar-refractivity contribution in [1.82, 2.24) is 4.90 Å². The summed E-state index contributed by atoms with van der Waals surface area (Å²) in [5, 5.41) is 8.74. The van der Waals surface area contributed by atoms with Crippen LogP contribution < -0.4 is 0 Å². The molecule has 1 amide bonds. The van der Waals surface area contributed by atoms with Gasteiger partial charge in [0.15, 0.2) is 5.92 Å². The molecule has 4 nitrogen and oxygen atoms in total. The van der Waals surface area contributed by atoms with E-state index in [0.29, 0.717) is 6.42 Å². The van der Waals surface area contributed by atoms with E-state index in [-0.39, 0.29) is 5.91 Å². The van der Waals surface area contributed by atoms with Crippen molar-refractivity contribution in [2.45, 2.75) is 25.8 Å². The van der Waals surface area contributed by atoms with Gasteiger partial charge in [-0.2, -0.15) is 0 Å². The van der Waals surface area contributed by atoms with Crippen molar-refractivity contribution in [2.24, 2.45) is 5.92 Å². The average molecular weight is 171 g/mol. The van der Waals surface area contributed by atoms with Crippen molar-refractivity contribution in [3.63, 3.8) is 0 Å². The standard InChI is InChI=1S/C8H13NO3/c1-4-8(2)5(7(11)12)6(10)9(8)3/h5H,4H2,1-3H3,(H,11,12). The molecule has 0 aliphatic carbocycles. The molecule has 68 valence electrons. The molecule has 0 bridgehead atoms. The van der Waals surface area contributed by atoms with Gasteiger partial charge < -0.3 is 10.0 Å². The molecule has 0 radical (unpaired) electrons. The molecule has 0 saturated carbocycles. The van der Waals surface area contributed by atoms with Crippen molar-refractivity contribution in [3.05, 3.63) is 0 Å². The number of aliphatic carboxylic acids is 1. The highest BCUT2D eigenvalue weighted by molar-refractivity contribution is 6.03. The van der Waals surface area contributed by atoms with Crippen LogP contribution in [0.3, 0.4) is 0 Å². The summed E-state index contributed by atoms with van der Waals surface area (Å²) in [6.45, 7) is 3.69. The lowest BCUT2D eigenvalue weighted by atomic mass is 9.73. The normalized spacial score (nSPS) is 34.8. The molecule has 2 unspecified atom stereocenters. The number of amides is 1. The Morgan fingerprint density at radius 3 is 2.50 bits per heavy atom. The first-order valence-corrected chi connectivity index (χ1v) is 3.95. The summed E-state index contributed by atoms with van der Waals surface area (Å²) < 4.78 is 0. The van der Waals surface area contributed by atoms with Gasteiger partial charge in [0.05, 0.1) is 5.54 Å². The first kappa shape index (κ1) is 9.03. The number of rotatable bonds is 2. The number of carbonyl (C=O) groups excluding carboxylic acids is 1. The van der Waals surface area contributed by atoms with Crippen LogP contribution in [0.15, 0.2) is 0 Å². The van der Waals surface area contributed by atoms with Gasteiger partial charge in [0.2, 0.25) is 5.91 Å². The molecule has 4 heteroatoms. The fourth-order valence-electron chi connectivity index (χ4n) is 1.65. The van der Waals surface area contributed by atoms with E-state index in [1.165, 1.54) is 4.90 Å². The molecule has 1 N–H and O–H groups in total. The lowest BCUT2D eigenvalue weighted by Gasteiger charge is -2.51. The fraction of sp³-hybridized carbons (Fsp3) is 0.750. The van der Waals surface area contributed by atoms with Gasteiger partial charge in [0.25, 0.3) is 0 Å². The third-order valence-corrected chi connectivity index (χ3v) is 2.93. The Morgan fingerprint density at radius 2 is 2.25 bits per heavy atom. The first-order valence-electron chi connectivity index (χ1n) is 3.95. The van der Waals surface area contributed by atoms with Crippen molar-refractivity contribution < 1.29 is 14.7 Å². The van der Waals surface area contributed by atoms with Crippen molar-refractivity contribution in [3.8, 4) is 0 Å². The summed E-state index contributed by atoms with van der Waals surface area (Å²) in [5.41, 5.74) is -0.483. The van der Waals surface area contributed by atoms with Crippen LogP contribution in [-0.2, 0) is 9.59 Å². The molecule has 1 fully saturated rings. The van der Waals surface area contributed by atoms with E-state index in [1.54, 1.807) is 14.0 Å². The van der Waals surface area contributed by atoms with Crippen LogP contribution in [-0.4, -0.2) is 34.5 Å². The van der Waals surface area contributed by atoms with E-state index in [4.69, 9.17) is 5.11 Å². The Labute approximate surface area is 71.2 Å². The van der Waals surface area contributed by atoms with Crippen LogP contribution in [0.2, 0.25) is 0 Å². The molecule has 1 rings (SSSR count). The summed E-state index contributed by atoms with van der Waals surface area (Å²) in [6.07, 6.45) is 0.673. The highest BCUT2D eigenvalue weighted by atomic mass is 16.4. The number of likely N-dealkylation sites (tertiary alicyclic amines) is 1. The molecule has 0 aromatic heterocycles. The van der Waals surface area contributed by atoms with Crippen LogP contribution in [0.25, 0.3) is 0 Å². The zero-order valence-electron chi connectivity index (χ0n) is 7.50. The summed E-state index contributed by atoms with van der Waals surface area (Å²) in [6, 6.07) is 0. The van der Waals surface area contributed by atoms with Gasteiger partial charge in [-0.3, -0.25) is 9.59 Å². The number of β-lactam (4-membered cyclic amide) rings is 1. The third-order valence-electron chi connectivity index (χ3n) is 2.93. The zero-order chi connectivity index (χ0) is 9.52. The summed E-state index contributed by atoms with van der Waals surface area (Å²) in [7, 11) is 1.64. The number of hydrogen-bond donors (Lipinski definition) is 1. The number of hydrogen-bond acceptors (Lipinski definition) is 2. The quantitative estimate of drug-likeness (QED) is 0.481. The molecule has 1 aliphatic heterocycles. The molecular weight excluding hydrogens is 158 g/mol. The van der Waals surface area contributed by atoms with Crippen LogP contribution >= 0.6 is 0 Å². The number of carboxylic acids is 1. The second-order valence-electron chi connectivity index (χ2n) is 3.38. The van der Waals surface area contributed by atoms with Gasteiger partial charge in [0, 0.05) is 7.05 Å². The zero-order valence-corrected chi connectivity index (χ0v) is 7.50. The van der Waals surface area contributed by atoms with Crippen LogP contribution in [0.1, 0.15) is 20.3 Å². The highest BCUT2D eigenvalue weighted by Crippen LogP contribution is 2.38. The van der Waals surface area contributed by atoms with Gasteiger partial charge in [-0.1, -0.05) is 6.92 Å². The monoisotopic (exact) mass is 171 g/mol. The molecule has 1 saturated heterocycles. The van der Waals surface area contributed by atoms with Crippen LogP contribution in [0.4, 0.5) is 0 Å². The molecule has 0 aromatic rings. The predicted molar refractivity (Wildman–Crippen MR) is 42.6 cm³/mol. The van der Waals surface area contributed by atoms with E-state index >= 15 is 0 Å². The molecule has 2 atom stereocenters. The van der Waals surface area contributed by atoms with Crippen LogP contribution in [0.5, 0.6) is 0 Å². The smallest absolute Gasteiger partial charge is 0.318 e. The van der Waals surface area contributed by atoms with E-state index in [1.807, 2.05) is 6.92 Å². The summed E-state index contributed by atoms with van der Waals surface area (Å²) in [5.74, 6) is -2.14. The van der Waals surface area contributed by atoms with E-state index < -0.39 is 17.4 Å². The lowest BCUT2D eigenvalue weighted by molar-refractivity contribution is -0.178. The second kappa shape index (κ2) is 2.47. The summed E-state index contributed by atoms with van der Waals surface area (Å²) in [4.78, 5) is 23.3. The fourth-order valence-corrected chi connectivity index (χ4v) is 1.65. The van der Waals surface area contributed by atoms with E-state index in [0.717, 1.165) is 0 Å². The van der Waals surface area contributed by atoms with Gasteiger partial charge in [0.1, 0.15) is 0 Å². The highest BCUT2D eigenvalue weighted by Gasteiger charge is 2.57. The van der Waals surface area contributed by atoms with Gasteiger partial charge in [-0.25, -0.2) is 0 Å². The third kappa shape index (κ3) is 0.838. The second-order valence-corrected chi connectivity index (χ2v) is 3.38. The minimum Gasteiger partial charge on any atom is -0.481 e. The Morgan fingerprint density at radius 1 is 1.75 bits per heavy atom. The lowest BCUT2D eigenvalue weighted by Crippen LogP contribution is -2.69. The van der Waals surface area contributed by atoms with Gasteiger partial charge >= 0.3 is 5.97 Å². The van der Waals surface area contributed by atoms with Crippen molar-refractivity contribution >= 4 is 11.9 Å². The predicted octanol–water partition coefficient (Wildman–Crippen LogP) is 0.328. The summed E-state index contributed by atoms with van der Waals surface area (Å²) >= 11 is 0. The molecular formula is C8H13NO3. The molecule has 0 aromatic carbocycles. The van der Waals surface area contributed by atoms with Crippen LogP contribution in [0, 0.1) is 5.92 Å². The number of nitrogens with zero attached hydrogens (tertiary/aromatic N) is 1. The largest absolute Gasteiger partial charge is 0.481 e. The number of carbonyl (C=O) groups is 2. The Balaban J connectivity index is 2.89. The maximum atomic E-state index is 11.1. The Kier molecular flexibility index (Phi) is 1.86. The van der Waals surface area contributed by atoms with Crippen molar-refractivity contribution in [2.75, 3.05) is 7.05 Å². The van der Waals surface area contributed by atoms with E-state index in [9.17, 15) is 9.59 Å². The molecule has 0 spiro atoms. The first-order chi connectivity index (χ1) is 5.45. The molecule has 12 heavy (non-hydrogen) atoms. The topological polar surface area (TPSA) is 57.6 Å².